The monoisotopic (exact) mass is 173 g/mol. The Morgan fingerprint density at radius 2 is 2.00 bits per heavy atom. The molecule has 1 radical (unpaired) electrons. The van der Waals surface area contributed by atoms with E-state index < -0.39 is 0 Å². The highest BCUT2D eigenvalue weighted by molar-refractivity contribution is 5.78. The van der Waals surface area contributed by atoms with Gasteiger partial charge in [-0.3, -0.25) is 9.59 Å². The minimum Gasteiger partial charge on any atom is -0.384 e. The van der Waals surface area contributed by atoms with E-state index in [1.54, 1.807) is 13.4 Å². The van der Waals surface area contributed by atoms with Gasteiger partial charge in [0.25, 0.3) is 0 Å². The van der Waals surface area contributed by atoms with E-state index in [0.29, 0.717) is 19.4 Å². The lowest BCUT2D eigenvalue weighted by atomic mass is 10.2. The van der Waals surface area contributed by atoms with Crippen LogP contribution in [-0.2, 0) is 19.1 Å². The van der Waals surface area contributed by atoms with Gasteiger partial charge in [0.2, 0.25) is 6.29 Å². The first kappa shape index (κ1) is 11.3. The maximum Gasteiger partial charge on any atom is 0.226 e. The van der Waals surface area contributed by atoms with Crippen molar-refractivity contribution in [1.29, 1.82) is 0 Å². The molecule has 0 spiro atoms. The molecular formula is C8H13O4. The highest BCUT2D eigenvalue weighted by Crippen LogP contribution is 1.90. The van der Waals surface area contributed by atoms with E-state index in [9.17, 15) is 9.59 Å². The van der Waals surface area contributed by atoms with Crippen LogP contribution in [0, 0.1) is 0 Å². The molecular weight excluding hydrogens is 160 g/mol. The largest absolute Gasteiger partial charge is 0.384 e. The fourth-order valence-electron chi connectivity index (χ4n) is 0.641. The number of Topliss-reactive ketones (excluding diaryl/α,β-unsaturated/α-hetero) is 1. The average Bonchev–Trinajstić information content (AvgIpc) is 2.09. The molecule has 0 aromatic rings. The van der Waals surface area contributed by atoms with Gasteiger partial charge in [-0.1, -0.05) is 0 Å². The topological polar surface area (TPSA) is 52.6 Å². The van der Waals surface area contributed by atoms with E-state index >= 15 is 0 Å². The Labute approximate surface area is 71.8 Å². The molecule has 0 heterocycles. The van der Waals surface area contributed by atoms with Crippen molar-refractivity contribution in [2.45, 2.75) is 12.8 Å². The number of carbonyl (C=O) groups is 1. The Morgan fingerprint density at radius 3 is 2.58 bits per heavy atom. The van der Waals surface area contributed by atoms with Gasteiger partial charge in [-0.05, 0) is 0 Å². The maximum atomic E-state index is 10.9. The van der Waals surface area contributed by atoms with Crippen molar-refractivity contribution in [2.75, 3.05) is 26.9 Å². The van der Waals surface area contributed by atoms with Crippen molar-refractivity contribution >= 4 is 12.1 Å². The third-order valence-electron chi connectivity index (χ3n) is 1.27. The van der Waals surface area contributed by atoms with E-state index in [4.69, 9.17) is 9.47 Å². The third kappa shape index (κ3) is 7.37. The first-order valence-electron chi connectivity index (χ1n) is 3.74. The third-order valence-corrected chi connectivity index (χ3v) is 1.27. The summed E-state index contributed by atoms with van der Waals surface area (Å²) in [6.07, 6.45) is 2.32. The van der Waals surface area contributed by atoms with Crippen molar-refractivity contribution in [3.8, 4) is 0 Å². The molecule has 0 aliphatic carbocycles. The fourth-order valence-corrected chi connectivity index (χ4v) is 0.641. The first-order chi connectivity index (χ1) is 5.81. The van der Waals surface area contributed by atoms with Gasteiger partial charge in [0, 0.05) is 20.0 Å². The summed E-state index contributed by atoms with van der Waals surface area (Å²) >= 11 is 0. The molecule has 0 unspecified atom stereocenters. The van der Waals surface area contributed by atoms with Gasteiger partial charge >= 0.3 is 0 Å². The molecule has 0 rings (SSSR count). The van der Waals surface area contributed by atoms with Crippen molar-refractivity contribution in [2.24, 2.45) is 0 Å². The summed E-state index contributed by atoms with van der Waals surface area (Å²) in [6.45, 7) is 0.675. The van der Waals surface area contributed by atoms with E-state index in [-0.39, 0.29) is 19.0 Å². The quantitative estimate of drug-likeness (QED) is 0.489. The van der Waals surface area contributed by atoms with Gasteiger partial charge in [0.15, 0.2) is 0 Å². The van der Waals surface area contributed by atoms with E-state index in [0.717, 1.165) is 0 Å². The average molecular weight is 173 g/mol. The van der Waals surface area contributed by atoms with Gasteiger partial charge in [0.05, 0.1) is 13.2 Å². The number of ether oxygens (including phenoxy) is 2. The molecule has 0 aromatic heterocycles. The number of hydrogen-bond acceptors (Lipinski definition) is 4. The van der Waals surface area contributed by atoms with Gasteiger partial charge in [0.1, 0.15) is 12.4 Å². The second-order valence-electron chi connectivity index (χ2n) is 2.23. The Balaban J connectivity index is 3.13. The SMILES string of the molecule is COCCC(=O)CCOC[C]=O. The lowest BCUT2D eigenvalue weighted by molar-refractivity contribution is -0.120. The molecule has 0 saturated carbocycles. The van der Waals surface area contributed by atoms with E-state index in [2.05, 4.69) is 0 Å². The maximum absolute atomic E-state index is 10.9. The Bertz CT molecular complexity index is 133. The molecule has 0 aliphatic rings. The summed E-state index contributed by atoms with van der Waals surface area (Å²) in [5, 5.41) is 0. The lowest BCUT2D eigenvalue weighted by Gasteiger charge is -1.99. The zero-order valence-electron chi connectivity index (χ0n) is 7.17. The van der Waals surface area contributed by atoms with E-state index in [1.165, 1.54) is 0 Å². The zero-order valence-corrected chi connectivity index (χ0v) is 7.17. The smallest absolute Gasteiger partial charge is 0.226 e. The molecule has 0 amide bonds. The first-order valence-corrected chi connectivity index (χ1v) is 3.74. The summed E-state index contributed by atoms with van der Waals surface area (Å²) in [7, 11) is 1.55. The fraction of sp³-hybridized carbons (Fsp3) is 0.750. The predicted octanol–water partition coefficient (Wildman–Crippen LogP) is 0.108. The summed E-state index contributed by atoms with van der Waals surface area (Å²) in [6, 6.07) is 0. The van der Waals surface area contributed by atoms with Gasteiger partial charge in [-0.2, -0.15) is 0 Å². The molecule has 0 fully saturated rings. The molecule has 69 valence electrons. The lowest BCUT2D eigenvalue weighted by Crippen LogP contribution is -2.07. The van der Waals surface area contributed by atoms with Crippen LogP contribution >= 0.6 is 0 Å². The van der Waals surface area contributed by atoms with Crippen LogP contribution in [0.5, 0.6) is 0 Å². The standard InChI is InChI=1S/C8H13O4/c1-11-5-2-8(10)3-6-12-7-4-9/h2-3,5-7H2,1H3. The van der Waals surface area contributed by atoms with Crippen LogP contribution in [0.4, 0.5) is 0 Å². The second-order valence-corrected chi connectivity index (χ2v) is 2.23. The van der Waals surface area contributed by atoms with Crippen molar-refractivity contribution in [1.82, 2.24) is 0 Å². The van der Waals surface area contributed by atoms with Crippen LogP contribution in [0.15, 0.2) is 0 Å². The molecule has 0 N–H and O–H groups in total. The minimum absolute atomic E-state index is 0.0580. The number of carbonyl (C=O) groups excluding carboxylic acids is 2. The Hall–Kier alpha value is -0.740. The summed E-state index contributed by atoms with van der Waals surface area (Å²) in [5.41, 5.74) is 0. The van der Waals surface area contributed by atoms with E-state index in [1.807, 2.05) is 0 Å². The molecule has 12 heavy (non-hydrogen) atoms. The van der Waals surface area contributed by atoms with Gasteiger partial charge in [-0.25, -0.2) is 0 Å². The Morgan fingerprint density at radius 1 is 1.33 bits per heavy atom. The summed E-state index contributed by atoms with van der Waals surface area (Å²) < 4.78 is 9.46. The van der Waals surface area contributed by atoms with Crippen LogP contribution < -0.4 is 0 Å². The molecule has 0 bridgehead atoms. The molecule has 4 nitrogen and oxygen atoms in total. The number of ketones is 1. The molecule has 0 saturated heterocycles. The summed E-state index contributed by atoms with van der Waals surface area (Å²) in [5.74, 6) is 0.0859. The second kappa shape index (κ2) is 8.36. The zero-order chi connectivity index (χ0) is 9.23. The number of rotatable bonds is 8. The molecule has 0 aliphatic heterocycles. The van der Waals surface area contributed by atoms with Gasteiger partial charge < -0.3 is 9.47 Å². The predicted molar refractivity (Wildman–Crippen MR) is 42.6 cm³/mol. The molecule has 0 atom stereocenters. The number of hydrogen-bond donors (Lipinski definition) is 0. The molecule has 4 heteroatoms. The van der Waals surface area contributed by atoms with Crippen LogP contribution in [0.25, 0.3) is 0 Å². The normalized spacial score (nSPS) is 9.75. The van der Waals surface area contributed by atoms with Crippen molar-refractivity contribution < 1.29 is 19.1 Å². The van der Waals surface area contributed by atoms with Crippen molar-refractivity contribution in [3.05, 3.63) is 0 Å². The van der Waals surface area contributed by atoms with Crippen LogP contribution in [0.1, 0.15) is 12.8 Å². The van der Waals surface area contributed by atoms with Gasteiger partial charge in [-0.15, -0.1) is 0 Å². The Kier molecular flexibility index (Phi) is 7.84. The number of methoxy groups -OCH3 is 1. The van der Waals surface area contributed by atoms with Crippen LogP contribution in [-0.4, -0.2) is 39.0 Å². The van der Waals surface area contributed by atoms with Crippen molar-refractivity contribution in [3.63, 3.8) is 0 Å². The van der Waals surface area contributed by atoms with Crippen LogP contribution in [0.2, 0.25) is 0 Å². The summed E-state index contributed by atoms with van der Waals surface area (Å²) in [4.78, 5) is 20.6. The molecule has 0 aromatic carbocycles. The highest BCUT2D eigenvalue weighted by Gasteiger charge is 2.00. The highest BCUT2D eigenvalue weighted by atomic mass is 16.5. The van der Waals surface area contributed by atoms with Crippen LogP contribution in [0.3, 0.4) is 0 Å². The minimum atomic E-state index is -0.0580.